The van der Waals surface area contributed by atoms with Gasteiger partial charge in [-0.2, -0.15) is 0 Å². The van der Waals surface area contributed by atoms with E-state index < -0.39 is 132 Å². The number of rotatable bonds is 7. The Bertz CT molecular complexity index is 1840. The summed E-state index contributed by atoms with van der Waals surface area (Å²) in [4.78, 5) is 111. The van der Waals surface area contributed by atoms with Gasteiger partial charge in [-0.3, -0.25) is 38.5 Å². The van der Waals surface area contributed by atoms with Crippen molar-refractivity contribution < 1.29 is 86.1 Å². The van der Waals surface area contributed by atoms with Crippen LogP contribution in [-0.2, 0) is 82.6 Å². The molecule has 57 heavy (non-hydrogen) atoms. The van der Waals surface area contributed by atoms with Crippen molar-refractivity contribution in [3.63, 3.8) is 0 Å². The summed E-state index contributed by atoms with van der Waals surface area (Å²) in [6.07, 6.45) is -8.92. The van der Waals surface area contributed by atoms with Gasteiger partial charge in [-0.25, -0.2) is 4.79 Å². The molecule has 3 heterocycles. The van der Waals surface area contributed by atoms with Gasteiger partial charge in [0.15, 0.2) is 30.0 Å². The van der Waals surface area contributed by atoms with Gasteiger partial charge in [0.05, 0.1) is 17.4 Å². The number of pyridine rings is 1. The quantitative estimate of drug-likeness (QED) is 0.296. The maximum absolute atomic E-state index is 14.1. The lowest BCUT2D eigenvalue weighted by Gasteiger charge is -2.67. The Balaban J connectivity index is 1.99. The van der Waals surface area contributed by atoms with E-state index in [4.69, 9.17) is 42.6 Å². The van der Waals surface area contributed by atoms with Gasteiger partial charge in [0.2, 0.25) is 0 Å². The summed E-state index contributed by atoms with van der Waals surface area (Å²) in [6.45, 7) is 8.17. The molecule has 19 heteroatoms. The molecule has 5 rings (SSSR count). The molecule has 1 spiro atoms. The number of aromatic nitrogens is 1. The second-order valence-corrected chi connectivity index (χ2v) is 15.3. The number of carbonyl (C=O) groups is 8. The van der Waals surface area contributed by atoms with Gasteiger partial charge >= 0.3 is 47.8 Å². The maximum Gasteiger partial charge on any atom is 0.340 e. The molecule has 12 atom stereocenters. The minimum Gasteiger partial charge on any atom is -0.465 e. The van der Waals surface area contributed by atoms with Gasteiger partial charge in [-0.1, -0.05) is 6.92 Å². The number of hydrogen-bond acceptors (Lipinski definition) is 19. The van der Waals surface area contributed by atoms with Crippen LogP contribution in [0.5, 0.6) is 0 Å². The zero-order valence-electron chi connectivity index (χ0n) is 33.0. The summed E-state index contributed by atoms with van der Waals surface area (Å²) in [5.41, 5.74) is -9.68. The van der Waals surface area contributed by atoms with Crippen molar-refractivity contribution >= 4 is 47.8 Å². The highest BCUT2D eigenvalue weighted by atomic mass is 16.7. The number of nitrogens with zero attached hydrogens (tertiary/aromatic N) is 1. The Hall–Kier alpha value is -5.17. The molecule has 0 unspecified atom stereocenters. The fourth-order valence-corrected chi connectivity index (χ4v) is 9.18. The zero-order valence-corrected chi connectivity index (χ0v) is 33.0. The molecule has 4 aliphatic rings. The molecule has 1 saturated heterocycles. The predicted molar refractivity (Wildman–Crippen MR) is 185 cm³/mol. The molecular formula is C38H47NO18. The van der Waals surface area contributed by atoms with Crippen molar-refractivity contribution in [3.8, 4) is 0 Å². The second-order valence-electron chi connectivity index (χ2n) is 15.3. The Morgan fingerprint density at radius 2 is 1.35 bits per heavy atom. The third-order valence-electron chi connectivity index (χ3n) is 11.2. The summed E-state index contributed by atoms with van der Waals surface area (Å²) in [5, 5.41) is 13.4. The van der Waals surface area contributed by atoms with Crippen molar-refractivity contribution in [2.45, 2.75) is 129 Å². The van der Waals surface area contributed by atoms with E-state index >= 15 is 0 Å². The first kappa shape index (κ1) is 43.0. The summed E-state index contributed by atoms with van der Waals surface area (Å²) in [7, 11) is 0. The van der Waals surface area contributed by atoms with Crippen LogP contribution in [0.1, 0.15) is 84.7 Å². The van der Waals surface area contributed by atoms with Crippen LogP contribution in [0.4, 0.5) is 0 Å². The smallest absolute Gasteiger partial charge is 0.340 e. The Labute approximate surface area is 327 Å². The molecule has 2 saturated carbocycles. The van der Waals surface area contributed by atoms with Crippen LogP contribution in [0.25, 0.3) is 0 Å². The monoisotopic (exact) mass is 805 g/mol. The fraction of sp³-hybridized carbons (Fsp3) is 0.658. The Kier molecular flexibility index (Phi) is 11.8. The molecule has 4 bridgehead atoms. The van der Waals surface area contributed by atoms with Gasteiger partial charge in [0.25, 0.3) is 0 Å². The highest BCUT2D eigenvalue weighted by Gasteiger charge is 2.92. The summed E-state index contributed by atoms with van der Waals surface area (Å²) < 4.78 is 54.2. The lowest BCUT2D eigenvalue weighted by atomic mass is 9.45. The molecule has 1 N–H and O–H groups in total. The molecule has 312 valence electrons. The van der Waals surface area contributed by atoms with Crippen molar-refractivity contribution in [3.05, 3.63) is 29.6 Å². The van der Waals surface area contributed by atoms with Gasteiger partial charge in [0, 0.05) is 53.9 Å². The number of fused-ring (bicyclic) bond motifs is 5. The van der Waals surface area contributed by atoms with E-state index in [1.165, 1.54) is 26.2 Å². The Morgan fingerprint density at radius 3 is 1.91 bits per heavy atom. The van der Waals surface area contributed by atoms with Gasteiger partial charge in [-0.05, 0) is 38.3 Å². The van der Waals surface area contributed by atoms with Crippen molar-refractivity contribution in [1.29, 1.82) is 0 Å². The summed E-state index contributed by atoms with van der Waals surface area (Å²) >= 11 is 0. The molecule has 19 nitrogen and oxygen atoms in total. The van der Waals surface area contributed by atoms with Crippen LogP contribution in [0.2, 0.25) is 0 Å². The van der Waals surface area contributed by atoms with Crippen molar-refractivity contribution in [1.82, 2.24) is 4.98 Å². The third kappa shape index (κ3) is 7.30. The summed E-state index contributed by atoms with van der Waals surface area (Å²) in [5.74, 6) is -10.5. The molecule has 0 aromatic carbocycles. The number of ether oxygens (including phenoxy) is 9. The minimum absolute atomic E-state index is 0.0290. The molecule has 2 aliphatic heterocycles. The summed E-state index contributed by atoms with van der Waals surface area (Å²) in [6, 6.07) is 1.56. The fourth-order valence-electron chi connectivity index (χ4n) is 9.18. The normalized spacial score (nSPS) is 37.1. The van der Waals surface area contributed by atoms with Crippen LogP contribution in [-0.4, -0.2) is 124 Å². The largest absolute Gasteiger partial charge is 0.465 e. The molecule has 2 aliphatic carbocycles. The maximum atomic E-state index is 14.1. The second kappa shape index (κ2) is 15.6. The molecular weight excluding hydrogens is 758 g/mol. The van der Waals surface area contributed by atoms with Crippen molar-refractivity contribution in [2.24, 2.45) is 17.3 Å². The lowest BCUT2D eigenvalue weighted by molar-refractivity contribution is -0.386. The van der Waals surface area contributed by atoms with Crippen LogP contribution in [0, 0.1) is 17.3 Å². The lowest BCUT2D eigenvalue weighted by Crippen LogP contribution is -2.89. The zero-order chi connectivity index (χ0) is 42.4. The first-order chi connectivity index (χ1) is 26.5. The predicted octanol–water partition coefficient (Wildman–Crippen LogP) is 0.863. The standard InChI is InChI=1S/C38H47NO18/c1-17-10-11-24-12-13-39-14-25(24)34(47)50-15-35(8)26-27(51-19(3)41)31(54-22(6)44)37(16-49-18(2)40)32(55-23(7)45)28(52-20(4)42)30(56-33(17)46)36(9,48)38(37,57-35)29(26)53-21(5)43/h12-14,17,26-32,48H,10-11,15-16H2,1-9H3/t17-,26+,27+,28-,29+,30-,31+,32-,35-,36-,37+,38-/m0/s1. The van der Waals surface area contributed by atoms with Gasteiger partial charge < -0.3 is 47.7 Å². The first-order valence-electron chi connectivity index (χ1n) is 18.3. The molecule has 1 aromatic rings. The number of hydrogen-bond donors (Lipinski definition) is 1. The van der Waals surface area contributed by atoms with E-state index in [1.807, 2.05) is 0 Å². The van der Waals surface area contributed by atoms with E-state index in [-0.39, 0.29) is 18.4 Å². The number of aryl methyl sites for hydroxylation is 1. The van der Waals surface area contributed by atoms with Crippen LogP contribution in [0.15, 0.2) is 18.5 Å². The molecule has 1 aromatic heterocycles. The van der Waals surface area contributed by atoms with Gasteiger partial charge in [-0.15, -0.1) is 0 Å². The number of carbonyl (C=O) groups excluding carboxylic acids is 8. The first-order valence-corrected chi connectivity index (χ1v) is 18.3. The topological polar surface area (TPSA) is 253 Å². The van der Waals surface area contributed by atoms with Crippen LogP contribution in [0.3, 0.4) is 0 Å². The third-order valence-corrected chi connectivity index (χ3v) is 11.2. The minimum atomic E-state index is -2.80. The van der Waals surface area contributed by atoms with Crippen molar-refractivity contribution in [2.75, 3.05) is 13.2 Å². The average molecular weight is 806 g/mol. The highest BCUT2D eigenvalue weighted by molar-refractivity contribution is 5.90. The van der Waals surface area contributed by atoms with E-state index in [2.05, 4.69) is 4.98 Å². The molecule has 0 amide bonds. The number of cyclic esters (lactones) is 1. The van der Waals surface area contributed by atoms with E-state index in [9.17, 15) is 43.5 Å². The number of aliphatic hydroxyl groups is 1. The van der Waals surface area contributed by atoms with Gasteiger partial charge in [0.1, 0.15) is 42.0 Å². The van der Waals surface area contributed by atoms with E-state index in [1.54, 1.807) is 6.07 Å². The van der Waals surface area contributed by atoms with Crippen LogP contribution < -0.4 is 0 Å². The molecule has 3 fully saturated rings. The van der Waals surface area contributed by atoms with E-state index in [0.717, 1.165) is 48.5 Å². The number of esters is 8. The average Bonchev–Trinajstić information content (AvgIpc) is 3.32. The van der Waals surface area contributed by atoms with E-state index in [0.29, 0.717) is 5.56 Å². The SMILES string of the molecule is CC(=O)OC[C@]12[C@H](OC(C)=O)[C@H](OC(C)=O)[C@@H]3[C@@H](OC(C)=O)[C@@]14O[C@@]3(C)COC(=O)c1cnccc1CC[C@H](C)C(=O)O[C@@H]([C@H](OC(C)=O)[C@@H]2OC(C)=O)[C@]4(C)O. The Morgan fingerprint density at radius 1 is 0.807 bits per heavy atom. The van der Waals surface area contributed by atoms with Crippen LogP contribution >= 0.6 is 0 Å². The highest BCUT2D eigenvalue weighted by Crippen LogP contribution is 2.70. The molecule has 0 radical (unpaired) electrons.